The zero-order valence-corrected chi connectivity index (χ0v) is 51.7. The van der Waals surface area contributed by atoms with Crippen molar-refractivity contribution >= 4 is 5.91 Å². The Bertz CT molecular complexity index is 1760. The van der Waals surface area contributed by atoms with Crippen molar-refractivity contribution in [3.05, 3.63) is 97.2 Å². The van der Waals surface area contributed by atoms with Crippen LogP contribution in [0.3, 0.4) is 0 Å². The topological polar surface area (TPSA) is 228 Å². The Hall–Kier alpha value is -3.09. The van der Waals surface area contributed by atoms with Gasteiger partial charge in [0.1, 0.15) is 48.8 Å². The molecule has 478 valence electrons. The van der Waals surface area contributed by atoms with Crippen LogP contribution in [0.1, 0.15) is 239 Å². The second-order valence-corrected chi connectivity index (χ2v) is 22.9. The molecule has 2 rings (SSSR count). The van der Waals surface area contributed by atoms with Crippen molar-refractivity contribution in [1.82, 2.24) is 5.32 Å². The van der Waals surface area contributed by atoms with Crippen molar-refractivity contribution in [3.8, 4) is 0 Å². The molecular weight excluding hydrogens is 1050 g/mol. The van der Waals surface area contributed by atoms with Gasteiger partial charge in [-0.25, -0.2) is 0 Å². The number of rotatable bonds is 52. The second kappa shape index (κ2) is 53.2. The first kappa shape index (κ1) is 76.0. The Morgan fingerprint density at radius 3 is 1.28 bits per heavy atom. The molecule has 0 saturated carbocycles. The van der Waals surface area contributed by atoms with Gasteiger partial charge in [-0.05, 0) is 77.0 Å². The van der Waals surface area contributed by atoms with Crippen molar-refractivity contribution in [2.24, 2.45) is 0 Å². The summed E-state index contributed by atoms with van der Waals surface area (Å²) in [5, 5.41) is 87.4. The third-order valence-electron chi connectivity index (χ3n) is 15.6. The monoisotopic (exact) mass is 1170 g/mol. The van der Waals surface area contributed by atoms with Gasteiger partial charge in [0.05, 0.1) is 32.0 Å². The smallest absolute Gasteiger partial charge is 0.220 e. The van der Waals surface area contributed by atoms with Gasteiger partial charge in [0.15, 0.2) is 12.6 Å². The highest BCUT2D eigenvalue weighted by Crippen LogP contribution is 2.30. The number of hydrogen-bond acceptors (Lipinski definition) is 13. The fourth-order valence-corrected chi connectivity index (χ4v) is 10.3. The van der Waals surface area contributed by atoms with Crippen molar-refractivity contribution < 1.29 is 64.6 Å². The van der Waals surface area contributed by atoms with E-state index in [0.29, 0.717) is 19.3 Å². The molecule has 12 unspecified atom stereocenters. The molecule has 0 radical (unpaired) electrons. The van der Waals surface area contributed by atoms with Crippen LogP contribution >= 0.6 is 0 Å². The lowest BCUT2D eigenvalue weighted by Gasteiger charge is -2.46. The third-order valence-corrected chi connectivity index (χ3v) is 15.6. The highest BCUT2D eigenvalue weighted by atomic mass is 16.7. The maximum atomic E-state index is 13.3. The van der Waals surface area contributed by atoms with Crippen molar-refractivity contribution in [1.29, 1.82) is 0 Å². The molecule has 2 heterocycles. The van der Waals surface area contributed by atoms with E-state index in [1.54, 1.807) is 0 Å². The summed E-state index contributed by atoms with van der Waals surface area (Å²) in [4.78, 5) is 13.3. The summed E-state index contributed by atoms with van der Waals surface area (Å²) in [5.41, 5.74) is 0. The van der Waals surface area contributed by atoms with Gasteiger partial charge < -0.3 is 65.1 Å². The minimum Gasteiger partial charge on any atom is -0.394 e. The summed E-state index contributed by atoms with van der Waals surface area (Å²) in [7, 11) is 0. The molecule has 0 aromatic carbocycles. The lowest BCUT2D eigenvalue weighted by atomic mass is 9.97. The molecule has 2 saturated heterocycles. The summed E-state index contributed by atoms with van der Waals surface area (Å²) in [5.74, 6) is -0.215. The molecule has 12 atom stereocenters. The molecule has 9 N–H and O–H groups in total. The van der Waals surface area contributed by atoms with Crippen LogP contribution in [0.25, 0.3) is 0 Å². The minimum atomic E-state index is -1.79. The summed E-state index contributed by atoms with van der Waals surface area (Å²) >= 11 is 0. The van der Waals surface area contributed by atoms with E-state index in [1.165, 1.54) is 103 Å². The molecule has 1 amide bonds. The molecule has 2 fully saturated rings. The first-order chi connectivity index (χ1) is 40.6. The summed E-state index contributed by atoms with van der Waals surface area (Å²) in [6, 6.07) is -0.837. The van der Waals surface area contributed by atoms with Gasteiger partial charge in [-0.2, -0.15) is 0 Å². The summed E-state index contributed by atoms with van der Waals surface area (Å²) < 4.78 is 22.9. The van der Waals surface area contributed by atoms with E-state index in [9.17, 15) is 45.6 Å². The number of nitrogens with one attached hydrogen (secondary N) is 1. The first-order valence-corrected chi connectivity index (χ1v) is 33.0. The molecule has 0 bridgehead atoms. The first-order valence-electron chi connectivity index (χ1n) is 33.0. The van der Waals surface area contributed by atoms with Crippen molar-refractivity contribution in [3.63, 3.8) is 0 Å². The van der Waals surface area contributed by atoms with E-state index in [1.807, 2.05) is 0 Å². The van der Waals surface area contributed by atoms with Crippen LogP contribution in [-0.4, -0.2) is 140 Å². The van der Waals surface area contributed by atoms with Gasteiger partial charge in [-0.1, -0.05) is 252 Å². The summed E-state index contributed by atoms with van der Waals surface area (Å²) in [6.45, 7) is 2.74. The molecule has 0 aromatic rings. The Morgan fingerprint density at radius 1 is 0.446 bits per heavy atom. The number of carbonyl (C=O) groups excluding carboxylic acids is 1. The number of carbonyl (C=O) groups is 1. The molecule has 0 aliphatic carbocycles. The third kappa shape index (κ3) is 37.9. The Balaban J connectivity index is 1.64. The maximum absolute atomic E-state index is 13.3. The number of aliphatic hydroxyl groups excluding tert-OH is 8. The standard InChI is InChI=1S/C69H119NO13/c1-3-5-7-9-11-13-15-17-19-20-21-22-23-24-25-26-27-28-29-30-31-32-33-34-35-36-37-38-39-41-43-45-47-49-51-53-61(74)70-57(58(73)52-50-48-46-44-42-40-18-16-14-12-10-8-6-4-2)56-80-68-66(79)64(77)67(60(55-72)82-68)83-69-65(78)63(76)62(75)59(54-71)81-69/h5,7,11,13,17,19,21-22,24-25,27-28,30-31,33-34,57-60,62-69,71-73,75-79H,3-4,6,8-10,12,14-16,18,20,23,26,29,32,35-56H2,1-2H3,(H,70,74)/b7-5-,13-11-,19-17-,22-21-,25-24-,28-27-,31-30-,34-33-. The highest BCUT2D eigenvalue weighted by Gasteiger charge is 2.51. The van der Waals surface area contributed by atoms with E-state index in [0.717, 1.165) is 103 Å². The second-order valence-electron chi connectivity index (χ2n) is 22.9. The van der Waals surface area contributed by atoms with Crippen LogP contribution in [0.4, 0.5) is 0 Å². The summed E-state index contributed by atoms with van der Waals surface area (Å²) in [6.07, 6.45) is 57.0. The quantitative estimate of drug-likeness (QED) is 0.0204. The van der Waals surface area contributed by atoms with Crippen molar-refractivity contribution in [2.45, 2.75) is 312 Å². The van der Waals surface area contributed by atoms with E-state index in [2.05, 4.69) is 116 Å². The van der Waals surface area contributed by atoms with Crippen LogP contribution < -0.4 is 5.32 Å². The fraction of sp³-hybridized carbons (Fsp3) is 0.754. The van der Waals surface area contributed by atoms with Crippen LogP contribution in [0.15, 0.2) is 97.2 Å². The SMILES string of the molecule is CC/C=C\C/C=C\C/C=C\C/C=C\C/C=C\C/C=C\C/C=C\C/C=C\CCCCCCCCCCCCC(=O)NC(COC1OC(CO)C(OC2OC(CO)C(O)C(O)C2O)C(O)C1O)C(O)CCCCCCCCCCCCCCCC. The van der Waals surface area contributed by atoms with Crippen LogP contribution in [-0.2, 0) is 23.7 Å². The predicted octanol–water partition coefficient (Wildman–Crippen LogP) is 12.6. The molecule has 83 heavy (non-hydrogen) atoms. The Kier molecular flexibility index (Phi) is 48.7. The number of aliphatic hydroxyl groups is 8. The number of hydrogen-bond donors (Lipinski definition) is 9. The van der Waals surface area contributed by atoms with Gasteiger partial charge in [-0.3, -0.25) is 4.79 Å². The van der Waals surface area contributed by atoms with Crippen LogP contribution in [0.5, 0.6) is 0 Å². The Labute approximate surface area is 503 Å². The van der Waals surface area contributed by atoms with Gasteiger partial charge in [0.25, 0.3) is 0 Å². The van der Waals surface area contributed by atoms with E-state index >= 15 is 0 Å². The average Bonchev–Trinajstić information content (AvgIpc) is 3.64. The Morgan fingerprint density at radius 2 is 0.831 bits per heavy atom. The van der Waals surface area contributed by atoms with E-state index < -0.39 is 86.8 Å². The molecular formula is C69H119NO13. The van der Waals surface area contributed by atoms with E-state index in [4.69, 9.17) is 18.9 Å². The van der Waals surface area contributed by atoms with Crippen LogP contribution in [0.2, 0.25) is 0 Å². The predicted molar refractivity (Wildman–Crippen MR) is 336 cm³/mol. The van der Waals surface area contributed by atoms with Crippen LogP contribution in [0, 0.1) is 0 Å². The lowest BCUT2D eigenvalue weighted by molar-refractivity contribution is -0.359. The fourth-order valence-electron chi connectivity index (χ4n) is 10.3. The molecule has 2 aliphatic rings. The number of amides is 1. The molecule has 2 aliphatic heterocycles. The minimum absolute atomic E-state index is 0.215. The van der Waals surface area contributed by atoms with Gasteiger partial charge in [0, 0.05) is 6.42 Å². The van der Waals surface area contributed by atoms with Gasteiger partial charge in [0.2, 0.25) is 5.91 Å². The molecule has 0 aromatic heterocycles. The largest absolute Gasteiger partial charge is 0.394 e. The van der Waals surface area contributed by atoms with Gasteiger partial charge >= 0.3 is 0 Å². The van der Waals surface area contributed by atoms with E-state index in [-0.39, 0.29) is 12.5 Å². The molecule has 14 heteroatoms. The molecule has 0 spiro atoms. The average molecular weight is 1170 g/mol. The normalized spacial score (nSPS) is 24.5. The zero-order valence-electron chi connectivity index (χ0n) is 51.7. The number of allylic oxidation sites excluding steroid dienone is 16. The number of unbranched alkanes of at least 4 members (excludes halogenated alkanes) is 23. The number of ether oxygens (including phenoxy) is 4. The maximum Gasteiger partial charge on any atom is 0.220 e. The zero-order chi connectivity index (χ0) is 60.2. The van der Waals surface area contributed by atoms with Crippen molar-refractivity contribution in [2.75, 3.05) is 19.8 Å². The van der Waals surface area contributed by atoms with Gasteiger partial charge in [-0.15, -0.1) is 0 Å². The lowest BCUT2D eigenvalue weighted by Crippen LogP contribution is -2.65. The molecule has 14 nitrogen and oxygen atoms in total. The highest BCUT2D eigenvalue weighted by molar-refractivity contribution is 5.76.